The summed E-state index contributed by atoms with van der Waals surface area (Å²) >= 11 is 0. The molecule has 30 heavy (non-hydrogen) atoms. The van der Waals surface area contributed by atoms with Crippen LogP contribution in [0.3, 0.4) is 0 Å². The Bertz CT molecular complexity index is 943. The summed E-state index contributed by atoms with van der Waals surface area (Å²) in [6.45, 7) is 3.51. The zero-order chi connectivity index (χ0) is 21.1. The van der Waals surface area contributed by atoms with Crippen LogP contribution in [0.5, 0.6) is 5.75 Å². The van der Waals surface area contributed by atoms with E-state index in [0.29, 0.717) is 23.5 Å². The number of nitrogens with one attached hydrogen (secondary N) is 1. The fourth-order valence-electron chi connectivity index (χ4n) is 3.95. The van der Waals surface area contributed by atoms with Crippen molar-refractivity contribution >= 4 is 23.2 Å². The number of hydrogen-bond acceptors (Lipinski definition) is 4. The van der Waals surface area contributed by atoms with Gasteiger partial charge in [-0.1, -0.05) is 18.2 Å². The molecule has 7 heteroatoms. The van der Waals surface area contributed by atoms with Crippen LogP contribution in [0.2, 0.25) is 0 Å². The van der Waals surface area contributed by atoms with Crippen molar-refractivity contribution in [3.05, 3.63) is 53.8 Å². The molecule has 158 valence electrons. The van der Waals surface area contributed by atoms with E-state index < -0.39 is 6.10 Å². The molecule has 2 aromatic rings. The number of nitrogens with zero attached hydrogens (tertiary/aromatic N) is 2. The number of piperidine rings is 1. The molecule has 2 aromatic carbocycles. The molecule has 2 aliphatic heterocycles. The Labute approximate surface area is 175 Å². The fourth-order valence-corrected chi connectivity index (χ4v) is 3.95. The van der Waals surface area contributed by atoms with Crippen LogP contribution in [0.1, 0.15) is 24.8 Å². The molecule has 2 heterocycles. The first-order valence-electron chi connectivity index (χ1n) is 10.4. The lowest BCUT2D eigenvalue weighted by molar-refractivity contribution is -0.139. The van der Waals surface area contributed by atoms with Crippen molar-refractivity contribution in [1.82, 2.24) is 4.90 Å². The van der Waals surface area contributed by atoms with E-state index in [2.05, 4.69) is 5.32 Å². The van der Waals surface area contributed by atoms with Crippen LogP contribution in [-0.4, -0.2) is 49.0 Å². The van der Waals surface area contributed by atoms with E-state index in [1.165, 1.54) is 6.07 Å². The Morgan fingerprint density at radius 3 is 2.67 bits per heavy atom. The Kier molecular flexibility index (Phi) is 5.88. The van der Waals surface area contributed by atoms with Gasteiger partial charge in [0.15, 0.2) is 6.10 Å². The van der Waals surface area contributed by atoms with Crippen LogP contribution >= 0.6 is 0 Å². The van der Waals surface area contributed by atoms with E-state index in [1.54, 1.807) is 19.1 Å². The predicted molar refractivity (Wildman–Crippen MR) is 113 cm³/mol. The summed E-state index contributed by atoms with van der Waals surface area (Å²) in [5, 5.41) is 2.74. The van der Waals surface area contributed by atoms with Gasteiger partial charge in [-0.2, -0.15) is 0 Å². The van der Waals surface area contributed by atoms with Crippen LogP contribution in [-0.2, 0) is 9.59 Å². The van der Waals surface area contributed by atoms with Crippen LogP contribution in [0, 0.1) is 12.7 Å². The highest BCUT2D eigenvalue weighted by molar-refractivity contribution is 5.95. The number of amides is 2. The van der Waals surface area contributed by atoms with Gasteiger partial charge in [0.1, 0.15) is 11.6 Å². The molecular formula is C23H26FN3O3. The normalized spacial score (nSPS) is 18.4. The summed E-state index contributed by atoms with van der Waals surface area (Å²) in [5.41, 5.74) is 1.70. The maximum atomic E-state index is 13.8. The molecule has 1 fully saturated rings. The number of halogens is 1. The van der Waals surface area contributed by atoms with Gasteiger partial charge in [-0.15, -0.1) is 0 Å². The number of hydrogen-bond donors (Lipinski definition) is 1. The number of fused-ring (bicyclic) bond motifs is 1. The van der Waals surface area contributed by atoms with Crippen molar-refractivity contribution in [1.29, 1.82) is 0 Å². The van der Waals surface area contributed by atoms with E-state index in [-0.39, 0.29) is 24.2 Å². The molecule has 1 saturated heterocycles. The third-order valence-electron chi connectivity index (χ3n) is 5.59. The molecule has 2 aliphatic rings. The van der Waals surface area contributed by atoms with Crippen molar-refractivity contribution in [2.45, 2.75) is 32.3 Å². The van der Waals surface area contributed by atoms with Crippen LogP contribution in [0.25, 0.3) is 0 Å². The molecule has 0 bridgehead atoms. The van der Waals surface area contributed by atoms with Gasteiger partial charge in [0.2, 0.25) is 5.91 Å². The summed E-state index contributed by atoms with van der Waals surface area (Å²) in [6, 6.07) is 12.0. The SMILES string of the molecule is Cc1ccc(NC(=O)CN2CC(C(=O)N3CCCCC3)Oc3ccccc32)cc1F. The number of para-hydroxylation sites is 2. The minimum atomic E-state index is -0.650. The molecule has 0 aliphatic carbocycles. The smallest absolute Gasteiger partial charge is 0.265 e. The largest absolute Gasteiger partial charge is 0.477 e. The van der Waals surface area contributed by atoms with E-state index in [1.807, 2.05) is 34.1 Å². The lowest BCUT2D eigenvalue weighted by atomic mass is 10.1. The van der Waals surface area contributed by atoms with Gasteiger partial charge in [0.05, 0.1) is 18.8 Å². The first kappa shape index (κ1) is 20.2. The molecular weight excluding hydrogens is 385 g/mol. The monoisotopic (exact) mass is 411 g/mol. The molecule has 1 unspecified atom stereocenters. The molecule has 1 N–H and O–H groups in total. The van der Waals surface area contributed by atoms with Crippen LogP contribution in [0.4, 0.5) is 15.8 Å². The Morgan fingerprint density at radius 2 is 1.90 bits per heavy atom. The minimum Gasteiger partial charge on any atom is -0.477 e. The summed E-state index contributed by atoms with van der Waals surface area (Å²) in [4.78, 5) is 29.3. The molecule has 0 spiro atoms. The van der Waals surface area contributed by atoms with E-state index in [4.69, 9.17) is 4.74 Å². The first-order chi connectivity index (χ1) is 14.5. The molecule has 4 rings (SSSR count). The van der Waals surface area contributed by atoms with Gasteiger partial charge in [0.25, 0.3) is 5.91 Å². The van der Waals surface area contributed by atoms with E-state index >= 15 is 0 Å². The topological polar surface area (TPSA) is 61.9 Å². The summed E-state index contributed by atoms with van der Waals surface area (Å²) in [7, 11) is 0. The Hall–Kier alpha value is -3.09. The van der Waals surface area contributed by atoms with Gasteiger partial charge in [-0.25, -0.2) is 4.39 Å². The predicted octanol–water partition coefficient (Wildman–Crippen LogP) is 3.35. The summed E-state index contributed by atoms with van der Waals surface area (Å²) < 4.78 is 19.8. The molecule has 0 saturated carbocycles. The summed E-state index contributed by atoms with van der Waals surface area (Å²) in [5.74, 6) is -0.0839. The Morgan fingerprint density at radius 1 is 1.13 bits per heavy atom. The quantitative estimate of drug-likeness (QED) is 0.838. The maximum Gasteiger partial charge on any atom is 0.265 e. The molecule has 2 amide bonds. The highest BCUT2D eigenvalue weighted by atomic mass is 19.1. The van der Waals surface area contributed by atoms with Gasteiger partial charge in [-0.05, 0) is 56.0 Å². The first-order valence-corrected chi connectivity index (χ1v) is 10.4. The number of carbonyl (C=O) groups excluding carboxylic acids is 2. The van der Waals surface area contributed by atoms with Crippen molar-refractivity contribution in [3.63, 3.8) is 0 Å². The number of likely N-dealkylation sites (tertiary alicyclic amines) is 1. The van der Waals surface area contributed by atoms with Crippen LogP contribution in [0.15, 0.2) is 42.5 Å². The van der Waals surface area contributed by atoms with Gasteiger partial charge in [0, 0.05) is 18.8 Å². The molecule has 0 radical (unpaired) electrons. The second kappa shape index (κ2) is 8.73. The van der Waals surface area contributed by atoms with Crippen molar-refractivity contribution in [2.24, 2.45) is 0 Å². The van der Waals surface area contributed by atoms with E-state index in [0.717, 1.165) is 38.0 Å². The highest BCUT2D eigenvalue weighted by Gasteiger charge is 2.34. The lowest BCUT2D eigenvalue weighted by Gasteiger charge is -2.38. The molecule has 1 atom stereocenters. The van der Waals surface area contributed by atoms with Crippen molar-refractivity contribution < 1.29 is 18.7 Å². The van der Waals surface area contributed by atoms with Gasteiger partial charge < -0.3 is 19.9 Å². The van der Waals surface area contributed by atoms with Crippen molar-refractivity contribution in [2.75, 3.05) is 36.4 Å². The number of carbonyl (C=O) groups is 2. The third kappa shape index (κ3) is 4.40. The maximum absolute atomic E-state index is 13.8. The van der Waals surface area contributed by atoms with E-state index in [9.17, 15) is 14.0 Å². The average molecular weight is 411 g/mol. The average Bonchev–Trinajstić information content (AvgIpc) is 2.76. The lowest BCUT2D eigenvalue weighted by Crippen LogP contribution is -2.52. The number of aryl methyl sites for hydroxylation is 1. The minimum absolute atomic E-state index is 0.0322. The number of benzene rings is 2. The second-order valence-corrected chi connectivity index (χ2v) is 7.85. The molecule has 6 nitrogen and oxygen atoms in total. The third-order valence-corrected chi connectivity index (χ3v) is 5.59. The van der Waals surface area contributed by atoms with Crippen LogP contribution < -0.4 is 15.0 Å². The standard InChI is InChI=1S/C23H26FN3O3/c1-16-9-10-17(13-18(16)24)25-22(28)15-27-14-21(23(29)26-11-5-2-6-12-26)30-20-8-4-3-7-19(20)27/h3-4,7-10,13,21H,2,5-6,11-12,14-15H2,1H3,(H,25,28). The fraction of sp³-hybridized carbons (Fsp3) is 0.391. The number of anilines is 2. The van der Waals surface area contributed by atoms with Gasteiger partial charge >= 0.3 is 0 Å². The zero-order valence-electron chi connectivity index (χ0n) is 17.1. The highest BCUT2D eigenvalue weighted by Crippen LogP contribution is 2.33. The molecule has 0 aromatic heterocycles. The number of rotatable bonds is 4. The Balaban J connectivity index is 1.48. The summed E-state index contributed by atoms with van der Waals surface area (Å²) in [6.07, 6.45) is 2.51. The second-order valence-electron chi connectivity index (χ2n) is 7.85. The van der Waals surface area contributed by atoms with Gasteiger partial charge in [-0.3, -0.25) is 9.59 Å². The zero-order valence-corrected chi connectivity index (χ0v) is 17.1. The number of ether oxygens (including phenoxy) is 1. The van der Waals surface area contributed by atoms with Crippen molar-refractivity contribution in [3.8, 4) is 5.75 Å².